The topological polar surface area (TPSA) is 60.5 Å². The molecule has 5 nitrogen and oxygen atoms in total. The number of nitrogens with one attached hydrogen (secondary N) is 1. The minimum atomic E-state index is -4.78. The lowest BCUT2D eigenvalue weighted by Gasteiger charge is -2.22. The molecular weight excluding hydrogens is 449 g/mol. The number of carbonyl (C=O) groups excluding carboxylic acids is 1. The molecule has 0 aliphatic carbocycles. The summed E-state index contributed by atoms with van der Waals surface area (Å²) in [4.78, 5) is 15.0. The molecular formula is C21H21F3N2O3S2. The molecule has 0 saturated heterocycles. The predicted molar refractivity (Wildman–Crippen MR) is 116 cm³/mol. The van der Waals surface area contributed by atoms with Gasteiger partial charge in [-0.2, -0.15) is 13.2 Å². The number of alkyl halides is 3. The van der Waals surface area contributed by atoms with Gasteiger partial charge in [0.15, 0.2) is 10.8 Å². The molecule has 3 aromatic rings. The largest absolute Gasteiger partial charge is 0.462 e. The number of esters is 1. The van der Waals surface area contributed by atoms with Gasteiger partial charge in [0.1, 0.15) is 10.6 Å². The van der Waals surface area contributed by atoms with Gasteiger partial charge in [-0.05, 0) is 29.9 Å². The van der Waals surface area contributed by atoms with E-state index in [4.69, 9.17) is 9.47 Å². The molecule has 166 valence electrons. The van der Waals surface area contributed by atoms with Crippen molar-refractivity contribution in [3.05, 3.63) is 51.8 Å². The van der Waals surface area contributed by atoms with Crippen LogP contribution in [0.3, 0.4) is 0 Å². The van der Waals surface area contributed by atoms with Crippen LogP contribution in [0.25, 0.3) is 0 Å². The lowest BCUT2D eigenvalue weighted by Crippen LogP contribution is -2.13. The van der Waals surface area contributed by atoms with E-state index in [9.17, 15) is 18.0 Å². The molecule has 0 unspecified atom stereocenters. The fourth-order valence-electron chi connectivity index (χ4n) is 2.76. The van der Waals surface area contributed by atoms with E-state index in [-0.39, 0.29) is 17.2 Å². The number of aromatic nitrogens is 1. The molecule has 0 amide bonds. The Labute approximate surface area is 185 Å². The number of hydrogen-bond acceptors (Lipinski definition) is 7. The first-order chi connectivity index (χ1) is 14.5. The average Bonchev–Trinajstić information content (AvgIpc) is 3.29. The number of halogens is 3. The van der Waals surface area contributed by atoms with Crippen molar-refractivity contribution < 1.29 is 27.4 Å². The van der Waals surface area contributed by atoms with Crippen LogP contribution in [0.15, 0.2) is 35.7 Å². The number of ether oxygens (including phenoxy) is 2. The van der Waals surface area contributed by atoms with Gasteiger partial charge in [0.25, 0.3) is 0 Å². The van der Waals surface area contributed by atoms with Crippen LogP contribution in [0.1, 0.15) is 48.6 Å². The molecule has 2 aromatic heterocycles. The molecule has 1 aromatic carbocycles. The maximum Gasteiger partial charge on any atom is 0.435 e. The third kappa shape index (κ3) is 5.37. The Morgan fingerprint density at radius 1 is 1.16 bits per heavy atom. The van der Waals surface area contributed by atoms with Gasteiger partial charge in [-0.25, -0.2) is 9.78 Å². The Hall–Kier alpha value is -2.59. The summed E-state index contributed by atoms with van der Waals surface area (Å²) in [5, 5.41) is 4.99. The van der Waals surface area contributed by atoms with E-state index in [0.29, 0.717) is 27.8 Å². The summed E-state index contributed by atoms with van der Waals surface area (Å²) in [6, 6.07) is 9.27. The number of anilines is 2. The van der Waals surface area contributed by atoms with E-state index in [1.807, 2.05) is 24.3 Å². The van der Waals surface area contributed by atoms with E-state index in [1.54, 1.807) is 11.4 Å². The summed E-state index contributed by atoms with van der Waals surface area (Å²) < 4.78 is 50.9. The minimum Gasteiger partial charge on any atom is -0.462 e. The SMILES string of the molecule is CCOC(=O)c1sc(Nc2ccsc2Oc2ccccc2C(C)(C)C)nc1C(F)(F)F. The Bertz CT molecular complexity index is 1070. The summed E-state index contributed by atoms with van der Waals surface area (Å²) in [7, 11) is 0. The van der Waals surface area contributed by atoms with Gasteiger partial charge in [-0.3, -0.25) is 0 Å². The summed E-state index contributed by atoms with van der Waals surface area (Å²) in [6.07, 6.45) is -4.78. The molecule has 0 radical (unpaired) electrons. The van der Waals surface area contributed by atoms with Gasteiger partial charge in [0.05, 0.1) is 12.3 Å². The minimum absolute atomic E-state index is 0.0352. The summed E-state index contributed by atoms with van der Waals surface area (Å²) in [5.41, 5.74) is 0.0146. The molecule has 10 heteroatoms. The highest BCUT2D eigenvalue weighted by Crippen LogP contribution is 2.42. The number of rotatable bonds is 6. The molecule has 31 heavy (non-hydrogen) atoms. The molecule has 0 aliphatic heterocycles. The fourth-order valence-corrected chi connectivity index (χ4v) is 4.36. The molecule has 0 saturated carbocycles. The van der Waals surface area contributed by atoms with Crippen molar-refractivity contribution in [1.29, 1.82) is 0 Å². The van der Waals surface area contributed by atoms with Crippen molar-refractivity contribution in [3.8, 4) is 10.8 Å². The molecule has 3 rings (SSSR count). The Balaban J connectivity index is 1.90. The maximum atomic E-state index is 13.4. The molecule has 0 fully saturated rings. The van der Waals surface area contributed by atoms with Gasteiger partial charge in [0, 0.05) is 5.56 Å². The normalized spacial score (nSPS) is 12.0. The van der Waals surface area contributed by atoms with Gasteiger partial charge >= 0.3 is 12.1 Å². The van der Waals surface area contributed by atoms with Gasteiger partial charge in [-0.1, -0.05) is 50.3 Å². The maximum absolute atomic E-state index is 13.4. The monoisotopic (exact) mass is 470 g/mol. The number of benzene rings is 1. The van der Waals surface area contributed by atoms with E-state index in [1.165, 1.54) is 18.3 Å². The summed E-state index contributed by atoms with van der Waals surface area (Å²) >= 11 is 1.88. The van der Waals surface area contributed by atoms with Crippen LogP contribution in [0.4, 0.5) is 24.0 Å². The number of hydrogen-bond donors (Lipinski definition) is 1. The smallest absolute Gasteiger partial charge is 0.435 e. The fraction of sp³-hybridized carbons (Fsp3) is 0.333. The zero-order valence-electron chi connectivity index (χ0n) is 17.3. The van der Waals surface area contributed by atoms with Crippen LogP contribution in [-0.2, 0) is 16.3 Å². The molecule has 1 N–H and O–H groups in total. The number of carbonyl (C=O) groups is 1. The summed E-state index contributed by atoms with van der Waals surface area (Å²) in [6.45, 7) is 7.68. The average molecular weight is 471 g/mol. The third-order valence-corrected chi connectivity index (χ3v) is 5.87. The van der Waals surface area contributed by atoms with Crippen LogP contribution in [0, 0.1) is 0 Å². The van der Waals surface area contributed by atoms with Crippen molar-refractivity contribution in [2.75, 3.05) is 11.9 Å². The number of nitrogens with zero attached hydrogens (tertiary/aromatic N) is 1. The highest BCUT2D eigenvalue weighted by atomic mass is 32.1. The quantitative estimate of drug-likeness (QED) is 0.385. The van der Waals surface area contributed by atoms with Crippen LogP contribution in [-0.4, -0.2) is 17.6 Å². The Morgan fingerprint density at radius 2 is 1.87 bits per heavy atom. The first-order valence-electron chi connectivity index (χ1n) is 9.37. The number of thiophene rings is 1. The second-order valence-corrected chi connectivity index (χ2v) is 9.39. The standard InChI is InChI=1S/C21H21F3N2O3S2/c1-5-28-17(27)15-16(21(22,23)24)26-19(31-15)25-13-10-11-30-18(13)29-14-9-7-6-8-12(14)20(2,3)4/h6-11H,5H2,1-4H3,(H,25,26). The van der Waals surface area contributed by atoms with Crippen LogP contribution >= 0.6 is 22.7 Å². The van der Waals surface area contributed by atoms with Gasteiger partial charge < -0.3 is 14.8 Å². The van der Waals surface area contributed by atoms with E-state index in [0.717, 1.165) is 5.56 Å². The van der Waals surface area contributed by atoms with E-state index >= 15 is 0 Å². The molecule has 0 atom stereocenters. The predicted octanol–water partition coefficient (Wildman–Crippen LogP) is 7.23. The number of thiazole rings is 1. The number of para-hydroxylation sites is 1. The zero-order valence-corrected chi connectivity index (χ0v) is 18.9. The summed E-state index contributed by atoms with van der Waals surface area (Å²) in [5.74, 6) is -0.399. The van der Waals surface area contributed by atoms with Gasteiger partial charge in [0.2, 0.25) is 5.06 Å². The third-order valence-electron chi connectivity index (χ3n) is 4.13. The second-order valence-electron chi connectivity index (χ2n) is 7.51. The highest BCUT2D eigenvalue weighted by molar-refractivity contribution is 7.17. The molecule has 2 heterocycles. The molecule has 0 spiro atoms. The van der Waals surface area contributed by atoms with Crippen molar-refractivity contribution >= 4 is 39.5 Å². The van der Waals surface area contributed by atoms with Crippen molar-refractivity contribution in [2.45, 2.75) is 39.3 Å². The Kier molecular flexibility index (Phi) is 6.61. The first-order valence-corrected chi connectivity index (χ1v) is 11.1. The highest BCUT2D eigenvalue weighted by Gasteiger charge is 2.40. The van der Waals surface area contributed by atoms with Crippen LogP contribution in [0.2, 0.25) is 0 Å². The lowest BCUT2D eigenvalue weighted by molar-refractivity contribution is -0.141. The van der Waals surface area contributed by atoms with Crippen LogP contribution < -0.4 is 10.1 Å². The van der Waals surface area contributed by atoms with Crippen LogP contribution in [0.5, 0.6) is 10.8 Å². The Morgan fingerprint density at radius 3 is 2.52 bits per heavy atom. The second kappa shape index (κ2) is 8.88. The van der Waals surface area contributed by atoms with E-state index < -0.39 is 22.7 Å². The molecule has 0 aliphatic rings. The first kappa shape index (κ1) is 23.1. The zero-order chi connectivity index (χ0) is 22.8. The van der Waals surface area contributed by atoms with Crippen molar-refractivity contribution in [2.24, 2.45) is 0 Å². The van der Waals surface area contributed by atoms with Gasteiger partial charge in [-0.15, -0.1) is 11.3 Å². The van der Waals surface area contributed by atoms with Crippen molar-refractivity contribution in [1.82, 2.24) is 4.98 Å². The van der Waals surface area contributed by atoms with E-state index in [2.05, 4.69) is 31.1 Å². The lowest BCUT2D eigenvalue weighted by atomic mass is 9.86. The molecule has 0 bridgehead atoms. The van der Waals surface area contributed by atoms with Crippen molar-refractivity contribution in [3.63, 3.8) is 0 Å².